The fourth-order valence-corrected chi connectivity index (χ4v) is 3.59. The largest absolute Gasteiger partial charge is 0.321 e. The summed E-state index contributed by atoms with van der Waals surface area (Å²) in [5, 5.41) is 0. The summed E-state index contributed by atoms with van der Waals surface area (Å²) in [4.78, 5) is 0. The van der Waals surface area contributed by atoms with Crippen molar-refractivity contribution in [2.24, 2.45) is 0 Å². The summed E-state index contributed by atoms with van der Waals surface area (Å²) >= 11 is 0. The first-order valence-corrected chi connectivity index (χ1v) is 8.90. The van der Waals surface area contributed by atoms with Crippen molar-refractivity contribution in [2.75, 3.05) is 14.1 Å². The molecule has 29 heavy (non-hydrogen) atoms. The van der Waals surface area contributed by atoms with Crippen molar-refractivity contribution < 1.29 is 17.6 Å². The predicted octanol–water partition coefficient (Wildman–Crippen LogP) is 5.72. The van der Waals surface area contributed by atoms with Crippen LogP contribution in [-0.4, -0.2) is 23.2 Å². The van der Waals surface area contributed by atoms with Gasteiger partial charge in [0.15, 0.2) is 11.6 Å². The number of nitrogens with zero attached hydrogens (tertiary/aromatic N) is 3. The second kappa shape index (κ2) is 6.93. The molecule has 2 aromatic carbocycles. The standard InChI is InChI=1S/C22H18F4N3/c1-29(2,21-15(23)7-9-17(19(21)25)27-11-3-4-12-27)22-16(24)8-10-18(20(22)26)28-13-5-6-14-28/h3-14H,1-2H3/q+1. The number of halogens is 4. The molecule has 0 aliphatic carbocycles. The van der Waals surface area contributed by atoms with Gasteiger partial charge < -0.3 is 9.13 Å². The minimum Gasteiger partial charge on any atom is -0.321 e. The molecule has 2 heterocycles. The van der Waals surface area contributed by atoms with E-state index in [9.17, 15) is 8.78 Å². The molecule has 7 heteroatoms. The van der Waals surface area contributed by atoms with Crippen LogP contribution in [0.4, 0.5) is 28.9 Å². The van der Waals surface area contributed by atoms with Gasteiger partial charge >= 0.3 is 0 Å². The van der Waals surface area contributed by atoms with Gasteiger partial charge in [-0.25, -0.2) is 8.78 Å². The monoisotopic (exact) mass is 400 g/mol. The van der Waals surface area contributed by atoms with Crippen LogP contribution in [-0.2, 0) is 0 Å². The lowest BCUT2D eigenvalue weighted by Gasteiger charge is -2.31. The Balaban J connectivity index is 1.95. The van der Waals surface area contributed by atoms with Crippen molar-refractivity contribution >= 4 is 11.4 Å². The highest BCUT2D eigenvalue weighted by molar-refractivity contribution is 5.65. The number of aromatic nitrogens is 2. The van der Waals surface area contributed by atoms with Crippen LogP contribution in [0.5, 0.6) is 0 Å². The number of rotatable bonds is 4. The normalized spacial score (nSPS) is 11.8. The third kappa shape index (κ3) is 3.03. The van der Waals surface area contributed by atoms with Crippen LogP contribution in [0.15, 0.2) is 73.3 Å². The maximum absolute atomic E-state index is 15.4. The molecule has 0 spiro atoms. The number of hydrogen-bond donors (Lipinski definition) is 0. The van der Waals surface area contributed by atoms with Crippen LogP contribution >= 0.6 is 0 Å². The highest BCUT2D eigenvalue weighted by atomic mass is 19.1. The molecule has 148 valence electrons. The van der Waals surface area contributed by atoms with Gasteiger partial charge in [0.1, 0.15) is 0 Å². The van der Waals surface area contributed by atoms with E-state index in [0.29, 0.717) is 0 Å². The third-order valence-electron chi connectivity index (χ3n) is 4.98. The van der Waals surface area contributed by atoms with E-state index in [0.717, 1.165) is 12.1 Å². The molecule has 0 saturated heterocycles. The van der Waals surface area contributed by atoms with Crippen molar-refractivity contribution in [1.29, 1.82) is 0 Å². The minimum absolute atomic E-state index is 0.0833. The minimum atomic E-state index is -0.895. The Morgan fingerprint density at radius 1 is 0.586 bits per heavy atom. The van der Waals surface area contributed by atoms with Gasteiger partial charge in [0, 0.05) is 24.8 Å². The van der Waals surface area contributed by atoms with E-state index in [-0.39, 0.29) is 11.4 Å². The summed E-state index contributed by atoms with van der Waals surface area (Å²) in [5.41, 5.74) is -0.753. The second-order valence-corrected chi connectivity index (χ2v) is 7.09. The van der Waals surface area contributed by atoms with E-state index >= 15 is 8.78 Å². The molecule has 0 aliphatic heterocycles. The maximum atomic E-state index is 15.4. The lowest BCUT2D eigenvalue weighted by atomic mass is 10.1. The smallest absolute Gasteiger partial charge is 0.212 e. The first kappa shape index (κ1) is 19.0. The molecule has 0 aliphatic rings. The summed E-state index contributed by atoms with van der Waals surface area (Å²) in [6, 6.07) is 11.6. The molecular weight excluding hydrogens is 382 g/mol. The Labute approximate surface area is 165 Å². The van der Waals surface area contributed by atoms with Crippen LogP contribution in [0.3, 0.4) is 0 Å². The molecule has 0 saturated carbocycles. The first-order chi connectivity index (χ1) is 13.8. The molecule has 0 unspecified atom stereocenters. The molecule has 4 aromatic rings. The van der Waals surface area contributed by atoms with E-state index in [4.69, 9.17) is 0 Å². The van der Waals surface area contributed by atoms with Crippen LogP contribution in [0.1, 0.15) is 0 Å². The topological polar surface area (TPSA) is 9.86 Å². The summed E-state index contributed by atoms with van der Waals surface area (Å²) in [7, 11) is 2.70. The lowest BCUT2D eigenvalue weighted by molar-refractivity contribution is 0.434. The average Bonchev–Trinajstić information content (AvgIpc) is 3.35. The first-order valence-electron chi connectivity index (χ1n) is 8.90. The fraction of sp³-hybridized carbons (Fsp3) is 0.0909. The van der Waals surface area contributed by atoms with Crippen molar-refractivity contribution in [3.05, 3.63) is 96.6 Å². The summed E-state index contributed by atoms with van der Waals surface area (Å²) in [6.45, 7) is 0. The highest BCUT2D eigenvalue weighted by Gasteiger charge is 2.38. The van der Waals surface area contributed by atoms with Crippen molar-refractivity contribution in [3.8, 4) is 11.4 Å². The van der Waals surface area contributed by atoms with E-state index in [2.05, 4.69) is 0 Å². The number of benzene rings is 2. The molecule has 0 amide bonds. The van der Waals surface area contributed by atoms with Crippen LogP contribution in [0, 0.1) is 23.3 Å². The molecule has 0 bridgehead atoms. The summed E-state index contributed by atoms with van der Waals surface area (Å²) < 4.78 is 62.5. The van der Waals surface area contributed by atoms with Gasteiger partial charge in [0.05, 0.1) is 25.5 Å². The Kier molecular flexibility index (Phi) is 4.55. The number of hydrogen-bond acceptors (Lipinski definition) is 0. The van der Waals surface area contributed by atoms with Gasteiger partial charge in [-0.15, -0.1) is 0 Å². The molecule has 3 nitrogen and oxygen atoms in total. The van der Waals surface area contributed by atoms with E-state index in [1.165, 1.54) is 35.4 Å². The molecule has 0 N–H and O–H groups in total. The van der Waals surface area contributed by atoms with E-state index in [1.807, 2.05) is 0 Å². The lowest BCUT2D eigenvalue weighted by Crippen LogP contribution is -2.38. The van der Waals surface area contributed by atoms with Crippen molar-refractivity contribution in [1.82, 2.24) is 13.6 Å². The Bertz CT molecular complexity index is 1070. The van der Waals surface area contributed by atoms with Gasteiger partial charge in [-0.3, -0.25) is 4.48 Å². The maximum Gasteiger partial charge on any atom is 0.212 e. The highest BCUT2D eigenvalue weighted by Crippen LogP contribution is 2.41. The molecule has 2 aromatic heterocycles. The Morgan fingerprint density at radius 2 is 0.931 bits per heavy atom. The van der Waals surface area contributed by atoms with Crippen molar-refractivity contribution in [3.63, 3.8) is 0 Å². The zero-order chi connectivity index (χ0) is 20.8. The third-order valence-corrected chi connectivity index (χ3v) is 4.98. The van der Waals surface area contributed by atoms with Crippen LogP contribution in [0.2, 0.25) is 0 Å². The Hall–Kier alpha value is -3.32. The summed E-state index contributed by atoms with van der Waals surface area (Å²) in [6.07, 6.45) is 6.42. The molecule has 0 radical (unpaired) electrons. The summed E-state index contributed by atoms with van der Waals surface area (Å²) in [5.74, 6) is -3.57. The Morgan fingerprint density at radius 3 is 1.28 bits per heavy atom. The SMILES string of the molecule is C[N+](C)(c1c(F)ccc(-n2cccc2)c1F)c1c(F)ccc(-n2cccc2)c1F. The molecule has 0 fully saturated rings. The second-order valence-electron chi connectivity index (χ2n) is 7.09. The molecule has 4 rings (SSSR count). The van der Waals surface area contributed by atoms with E-state index < -0.39 is 39.1 Å². The van der Waals surface area contributed by atoms with Gasteiger partial charge in [0.2, 0.25) is 23.0 Å². The average molecular weight is 400 g/mol. The fourth-order valence-electron chi connectivity index (χ4n) is 3.59. The predicted molar refractivity (Wildman–Crippen MR) is 105 cm³/mol. The number of quaternary nitrogens is 1. The van der Waals surface area contributed by atoms with Gasteiger partial charge in [0.25, 0.3) is 0 Å². The van der Waals surface area contributed by atoms with Gasteiger partial charge in [-0.05, 0) is 48.5 Å². The van der Waals surface area contributed by atoms with Gasteiger partial charge in [-0.1, -0.05) is 0 Å². The van der Waals surface area contributed by atoms with E-state index in [1.54, 1.807) is 49.1 Å². The zero-order valence-corrected chi connectivity index (χ0v) is 15.8. The molecular formula is C22H18F4N3+. The van der Waals surface area contributed by atoms with Crippen molar-refractivity contribution in [2.45, 2.75) is 0 Å². The quantitative estimate of drug-likeness (QED) is 0.306. The van der Waals surface area contributed by atoms with Crippen LogP contribution < -0.4 is 4.48 Å². The zero-order valence-electron chi connectivity index (χ0n) is 15.8. The van der Waals surface area contributed by atoms with Crippen LogP contribution in [0.25, 0.3) is 11.4 Å². The van der Waals surface area contributed by atoms with Gasteiger partial charge in [-0.2, -0.15) is 8.78 Å². The molecule has 0 atom stereocenters.